The molecule has 0 aromatic carbocycles. The molecule has 0 heterocycles. The van der Waals surface area contributed by atoms with E-state index in [4.69, 9.17) is 18.9 Å². The third kappa shape index (κ3) is 11.4. The summed E-state index contributed by atoms with van der Waals surface area (Å²) in [5, 5.41) is 0. The van der Waals surface area contributed by atoms with Gasteiger partial charge in [0.05, 0.1) is 19.8 Å². The Morgan fingerprint density at radius 2 is 1.38 bits per heavy atom. The highest BCUT2D eigenvalue weighted by Crippen LogP contribution is 2.17. The SMILES string of the molecule is CCCCCOCO/C(OCC)=C(/CCCCC)OCC. The molecule has 4 heteroatoms. The second-order valence-electron chi connectivity index (χ2n) is 4.91. The standard InChI is InChI=1S/C17H34O4/c1-5-9-11-13-16(19-7-3)17(20-8-4)21-15-18-14-12-10-6-2/h5-15H2,1-4H3/b17-16-. The molecule has 0 aromatic rings. The van der Waals surface area contributed by atoms with E-state index in [-0.39, 0.29) is 6.79 Å². The van der Waals surface area contributed by atoms with Gasteiger partial charge in [-0.15, -0.1) is 0 Å². The molecule has 0 aliphatic heterocycles. The van der Waals surface area contributed by atoms with Gasteiger partial charge in [-0.1, -0.05) is 39.5 Å². The Hall–Kier alpha value is -0.900. The minimum Gasteiger partial charge on any atom is -0.491 e. The van der Waals surface area contributed by atoms with Crippen LogP contribution in [0.1, 0.15) is 72.6 Å². The largest absolute Gasteiger partial charge is 0.491 e. The molecule has 4 nitrogen and oxygen atoms in total. The normalized spacial score (nSPS) is 12.0. The van der Waals surface area contributed by atoms with Gasteiger partial charge in [-0.2, -0.15) is 0 Å². The van der Waals surface area contributed by atoms with E-state index in [0.717, 1.165) is 31.6 Å². The van der Waals surface area contributed by atoms with Crippen LogP contribution < -0.4 is 0 Å². The highest BCUT2D eigenvalue weighted by molar-refractivity contribution is 4.95. The Kier molecular flexibility index (Phi) is 14.8. The van der Waals surface area contributed by atoms with Crippen molar-refractivity contribution in [2.45, 2.75) is 72.6 Å². The van der Waals surface area contributed by atoms with Crippen molar-refractivity contribution >= 4 is 0 Å². The summed E-state index contributed by atoms with van der Waals surface area (Å²) in [7, 11) is 0. The van der Waals surface area contributed by atoms with Crippen LogP contribution in [-0.4, -0.2) is 26.6 Å². The van der Waals surface area contributed by atoms with E-state index in [9.17, 15) is 0 Å². The molecular weight excluding hydrogens is 268 g/mol. The van der Waals surface area contributed by atoms with Crippen LogP contribution in [0.25, 0.3) is 0 Å². The van der Waals surface area contributed by atoms with Crippen molar-refractivity contribution in [3.63, 3.8) is 0 Å². The first kappa shape index (κ1) is 20.1. The summed E-state index contributed by atoms with van der Waals surface area (Å²) < 4.78 is 22.3. The molecule has 21 heavy (non-hydrogen) atoms. The molecule has 0 fully saturated rings. The number of allylic oxidation sites excluding steroid dienone is 1. The zero-order chi connectivity index (χ0) is 15.8. The number of ether oxygens (including phenoxy) is 4. The molecule has 0 unspecified atom stereocenters. The maximum absolute atomic E-state index is 5.67. The summed E-state index contributed by atoms with van der Waals surface area (Å²) in [4.78, 5) is 0. The molecule has 0 bridgehead atoms. The molecule has 0 rings (SSSR count). The van der Waals surface area contributed by atoms with Crippen LogP contribution in [0.2, 0.25) is 0 Å². The highest BCUT2D eigenvalue weighted by atomic mass is 16.7. The lowest BCUT2D eigenvalue weighted by atomic mass is 10.2. The van der Waals surface area contributed by atoms with E-state index in [1.54, 1.807) is 0 Å². The number of hydrogen-bond donors (Lipinski definition) is 0. The van der Waals surface area contributed by atoms with Crippen molar-refractivity contribution in [3.8, 4) is 0 Å². The van der Waals surface area contributed by atoms with Crippen LogP contribution >= 0.6 is 0 Å². The maximum Gasteiger partial charge on any atom is 0.321 e. The lowest BCUT2D eigenvalue weighted by molar-refractivity contribution is -0.0822. The van der Waals surface area contributed by atoms with Gasteiger partial charge in [0.1, 0.15) is 0 Å². The molecule has 0 aromatic heterocycles. The van der Waals surface area contributed by atoms with Crippen molar-refractivity contribution in [2.75, 3.05) is 26.6 Å². The second-order valence-corrected chi connectivity index (χ2v) is 4.91. The van der Waals surface area contributed by atoms with E-state index in [1.165, 1.54) is 25.7 Å². The van der Waals surface area contributed by atoms with Crippen molar-refractivity contribution in [1.82, 2.24) is 0 Å². The van der Waals surface area contributed by atoms with Crippen LogP contribution in [-0.2, 0) is 18.9 Å². The van der Waals surface area contributed by atoms with E-state index >= 15 is 0 Å². The summed E-state index contributed by atoms with van der Waals surface area (Å²) in [5.74, 6) is 1.30. The Morgan fingerprint density at radius 3 is 2.00 bits per heavy atom. The first-order valence-electron chi connectivity index (χ1n) is 8.49. The van der Waals surface area contributed by atoms with Gasteiger partial charge in [0.2, 0.25) is 0 Å². The minimum absolute atomic E-state index is 0.226. The molecule has 126 valence electrons. The number of unbranched alkanes of at least 4 members (excludes halogenated alkanes) is 4. The molecule has 0 aliphatic carbocycles. The molecule has 0 N–H and O–H groups in total. The molecular formula is C17H34O4. The van der Waals surface area contributed by atoms with Gasteiger partial charge >= 0.3 is 5.95 Å². The van der Waals surface area contributed by atoms with Crippen LogP contribution in [0.15, 0.2) is 11.7 Å². The molecule has 0 radical (unpaired) electrons. The maximum atomic E-state index is 5.67. The molecule has 0 aliphatic rings. The molecule has 0 spiro atoms. The molecule has 0 atom stereocenters. The van der Waals surface area contributed by atoms with Gasteiger partial charge in [-0.05, 0) is 26.7 Å². The lowest BCUT2D eigenvalue weighted by Crippen LogP contribution is -2.09. The van der Waals surface area contributed by atoms with E-state index in [1.807, 2.05) is 13.8 Å². The van der Waals surface area contributed by atoms with Crippen molar-refractivity contribution in [2.24, 2.45) is 0 Å². The Bertz CT molecular complexity index is 251. The van der Waals surface area contributed by atoms with Crippen molar-refractivity contribution < 1.29 is 18.9 Å². The smallest absolute Gasteiger partial charge is 0.321 e. The predicted molar refractivity (Wildman–Crippen MR) is 85.8 cm³/mol. The second kappa shape index (κ2) is 15.5. The number of hydrogen-bond acceptors (Lipinski definition) is 4. The Balaban J connectivity index is 4.28. The van der Waals surface area contributed by atoms with Crippen LogP contribution in [0.3, 0.4) is 0 Å². The van der Waals surface area contributed by atoms with Gasteiger partial charge in [-0.25, -0.2) is 0 Å². The summed E-state index contributed by atoms with van der Waals surface area (Å²) in [6.07, 6.45) is 7.77. The zero-order valence-corrected chi connectivity index (χ0v) is 14.4. The topological polar surface area (TPSA) is 36.9 Å². The molecule has 0 amide bonds. The van der Waals surface area contributed by atoms with Gasteiger partial charge in [-0.3, -0.25) is 0 Å². The van der Waals surface area contributed by atoms with Gasteiger partial charge < -0.3 is 18.9 Å². The van der Waals surface area contributed by atoms with Crippen LogP contribution in [0, 0.1) is 0 Å². The van der Waals surface area contributed by atoms with E-state index in [2.05, 4.69) is 13.8 Å². The third-order valence-electron chi connectivity index (χ3n) is 2.99. The molecule has 0 saturated heterocycles. The molecule has 0 saturated carbocycles. The van der Waals surface area contributed by atoms with Gasteiger partial charge in [0.15, 0.2) is 12.6 Å². The predicted octanol–water partition coefficient (Wildman–Crippen LogP) is 4.99. The quantitative estimate of drug-likeness (QED) is 0.242. The van der Waals surface area contributed by atoms with Gasteiger partial charge in [0.25, 0.3) is 0 Å². The highest BCUT2D eigenvalue weighted by Gasteiger charge is 2.11. The number of rotatable bonds is 15. The van der Waals surface area contributed by atoms with Crippen molar-refractivity contribution in [3.05, 3.63) is 11.7 Å². The first-order valence-corrected chi connectivity index (χ1v) is 8.49. The third-order valence-corrected chi connectivity index (χ3v) is 2.99. The van der Waals surface area contributed by atoms with Crippen LogP contribution in [0.4, 0.5) is 0 Å². The summed E-state index contributed by atoms with van der Waals surface area (Å²) in [6, 6.07) is 0. The average Bonchev–Trinajstić information content (AvgIpc) is 2.49. The Labute approximate surface area is 130 Å². The van der Waals surface area contributed by atoms with Crippen molar-refractivity contribution in [1.29, 1.82) is 0 Å². The fraction of sp³-hybridized carbons (Fsp3) is 0.882. The lowest BCUT2D eigenvalue weighted by Gasteiger charge is -2.16. The van der Waals surface area contributed by atoms with Gasteiger partial charge in [0, 0.05) is 6.42 Å². The van der Waals surface area contributed by atoms with E-state index in [0.29, 0.717) is 19.2 Å². The monoisotopic (exact) mass is 302 g/mol. The average molecular weight is 302 g/mol. The summed E-state index contributed by atoms with van der Waals surface area (Å²) in [5.41, 5.74) is 0. The fourth-order valence-electron chi connectivity index (χ4n) is 1.88. The Morgan fingerprint density at radius 1 is 0.714 bits per heavy atom. The minimum atomic E-state index is 0.226. The van der Waals surface area contributed by atoms with E-state index < -0.39 is 0 Å². The summed E-state index contributed by atoms with van der Waals surface area (Å²) >= 11 is 0. The zero-order valence-electron chi connectivity index (χ0n) is 14.4. The van der Waals surface area contributed by atoms with Crippen LogP contribution in [0.5, 0.6) is 0 Å². The summed E-state index contributed by atoms with van der Waals surface area (Å²) in [6.45, 7) is 10.4. The fourth-order valence-corrected chi connectivity index (χ4v) is 1.88. The first-order chi connectivity index (χ1) is 10.3.